The highest BCUT2D eigenvalue weighted by Gasteiger charge is 2.36. The van der Waals surface area contributed by atoms with Gasteiger partial charge in [0.05, 0.1) is 0 Å². The van der Waals surface area contributed by atoms with Crippen LogP contribution >= 0.6 is 0 Å². The fourth-order valence-electron chi connectivity index (χ4n) is 2.89. The van der Waals surface area contributed by atoms with Crippen LogP contribution < -0.4 is 0 Å². The van der Waals surface area contributed by atoms with Gasteiger partial charge in [0, 0.05) is 19.0 Å². The third-order valence-electron chi connectivity index (χ3n) is 4.08. The first-order valence-corrected chi connectivity index (χ1v) is 7.90. The van der Waals surface area contributed by atoms with Gasteiger partial charge in [-0.15, -0.1) is 0 Å². The van der Waals surface area contributed by atoms with E-state index in [0.29, 0.717) is 5.91 Å². The molecule has 2 nitrogen and oxygen atoms in total. The molecule has 1 amide bonds. The number of amides is 1. The summed E-state index contributed by atoms with van der Waals surface area (Å²) in [5, 5.41) is 0. The van der Waals surface area contributed by atoms with Crippen LogP contribution in [0.3, 0.4) is 0 Å². The second kappa shape index (κ2) is 6.28. The van der Waals surface area contributed by atoms with Gasteiger partial charge in [-0.3, -0.25) is 4.79 Å². The Kier molecular flexibility index (Phi) is 5.46. The predicted octanol–water partition coefficient (Wildman–Crippen LogP) is 4.49. The van der Waals surface area contributed by atoms with Crippen LogP contribution in [0.2, 0.25) is 0 Å². The molecule has 1 atom stereocenters. The van der Waals surface area contributed by atoms with Crippen molar-refractivity contribution in [3.05, 3.63) is 0 Å². The Morgan fingerprint density at radius 1 is 0.947 bits per heavy atom. The number of nitrogens with zero attached hydrogens (tertiary/aromatic N) is 1. The van der Waals surface area contributed by atoms with Gasteiger partial charge in [-0.2, -0.15) is 0 Å². The first kappa shape index (κ1) is 16.5. The zero-order valence-electron chi connectivity index (χ0n) is 13.9. The highest BCUT2D eigenvalue weighted by molar-refractivity contribution is 5.79. The largest absolute Gasteiger partial charge is 0.342 e. The van der Waals surface area contributed by atoms with Gasteiger partial charge in [0.1, 0.15) is 0 Å². The van der Waals surface area contributed by atoms with Crippen molar-refractivity contribution in [2.75, 3.05) is 13.1 Å². The van der Waals surface area contributed by atoms with Crippen molar-refractivity contribution in [2.24, 2.45) is 16.7 Å². The maximum atomic E-state index is 12.9. The molecule has 0 bridgehead atoms. The van der Waals surface area contributed by atoms with Crippen LogP contribution in [0.15, 0.2) is 0 Å². The first-order valence-electron chi connectivity index (χ1n) is 7.90. The zero-order chi connectivity index (χ0) is 14.7. The number of likely N-dealkylation sites (tertiary alicyclic amines) is 1. The van der Waals surface area contributed by atoms with Crippen molar-refractivity contribution in [2.45, 2.75) is 73.6 Å². The molecule has 19 heavy (non-hydrogen) atoms. The summed E-state index contributed by atoms with van der Waals surface area (Å²) in [6, 6.07) is 0. The smallest absolute Gasteiger partial charge is 0.226 e. The van der Waals surface area contributed by atoms with Crippen molar-refractivity contribution >= 4 is 5.91 Å². The summed E-state index contributed by atoms with van der Waals surface area (Å²) < 4.78 is 0. The van der Waals surface area contributed by atoms with Crippen molar-refractivity contribution in [1.29, 1.82) is 0 Å². The van der Waals surface area contributed by atoms with Gasteiger partial charge in [0.15, 0.2) is 0 Å². The van der Waals surface area contributed by atoms with Crippen LogP contribution in [0, 0.1) is 16.7 Å². The quantitative estimate of drug-likeness (QED) is 0.722. The fourth-order valence-corrected chi connectivity index (χ4v) is 2.89. The van der Waals surface area contributed by atoms with Gasteiger partial charge in [-0.1, -0.05) is 54.4 Å². The molecule has 0 aromatic heterocycles. The minimum absolute atomic E-state index is 0.0522. The maximum Gasteiger partial charge on any atom is 0.226 e. The summed E-state index contributed by atoms with van der Waals surface area (Å²) in [5.74, 6) is 0.537. The van der Waals surface area contributed by atoms with Gasteiger partial charge in [-0.05, 0) is 30.1 Å². The van der Waals surface area contributed by atoms with Gasteiger partial charge in [0.2, 0.25) is 5.91 Å². The predicted molar refractivity (Wildman–Crippen MR) is 82.1 cm³/mol. The minimum Gasteiger partial charge on any atom is -0.342 e. The summed E-state index contributed by atoms with van der Waals surface area (Å²) in [7, 11) is 0. The van der Waals surface area contributed by atoms with Crippen molar-refractivity contribution in [3.8, 4) is 0 Å². The lowest BCUT2D eigenvalue weighted by molar-refractivity contribution is -0.140. The van der Waals surface area contributed by atoms with Crippen molar-refractivity contribution in [3.63, 3.8) is 0 Å². The lowest BCUT2D eigenvalue weighted by Crippen LogP contribution is -2.43. The highest BCUT2D eigenvalue weighted by atomic mass is 16.2. The lowest BCUT2D eigenvalue weighted by Gasteiger charge is -2.37. The molecule has 0 spiro atoms. The topological polar surface area (TPSA) is 20.3 Å². The van der Waals surface area contributed by atoms with Crippen molar-refractivity contribution < 1.29 is 4.79 Å². The standard InChI is InChI=1S/C17H33NO/c1-16(2,3)13-14(17(4,5)6)15(19)18-11-9-7-8-10-12-18/h14H,7-13H2,1-6H3/t14-/m0/s1. The molecule has 0 aromatic carbocycles. The monoisotopic (exact) mass is 267 g/mol. The number of hydrogen-bond acceptors (Lipinski definition) is 1. The molecule has 0 N–H and O–H groups in total. The van der Waals surface area contributed by atoms with Crippen LogP contribution in [0.5, 0.6) is 0 Å². The molecule has 1 aliphatic heterocycles. The molecule has 1 aliphatic rings. The Balaban J connectivity index is 2.81. The maximum absolute atomic E-state index is 12.9. The Morgan fingerprint density at radius 2 is 1.42 bits per heavy atom. The molecule has 0 radical (unpaired) electrons. The Hall–Kier alpha value is -0.530. The Bertz CT molecular complexity index is 287. The second-order valence-electron chi connectivity index (χ2n) is 8.42. The molecular formula is C17H33NO. The van der Waals surface area contributed by atoms with E-state index in [1.54, 1.807) is 0 Å². The van der Waals surface area contributed by atoms with E-state index in [2.05, 4.69) is 46.4 Å². The Labute approximate surface area is 119 Å². The average molecular weight is 267 g/mol. The molecule has 2 heteroatoms. The molecule has 0 aliphatic carbocycles. The third kappa shape index (κ3) is 5.54. The van der Waals surface area contributed by atoms with E-state index in [1.165, 1.54) is 25.7 Å². The molecule has 1 fully saturated rings. The van der Waals surface area contributed by atoms with E-state index in [0.717, 1.165) is 19.5 Å². The molecule has 0 unspecified atom stereocenters. The summed E-state index contributed by atoms with van der Waals surface area (Å²) in [4.78, 5) is 15.0. The van der Waals surface area contributed by atoms with Crippen molar-refractivity contribution in [1.82, 2.24) is 4.90 Å². The van der Waals surface area contributed by atoms with Crippen LogP contribution in [-0.4, -0.2) is 23.9 Å². The molecule has 112 valence electrons. The molecule has 0 saturated carbocycles. The van der Waals surface area contributed by atoms with Gasteiger partial charge >= 0.3 is 0 Å². The van der Waals surface area contributed by atoms with E-state index in [-0.39, 0.29) is 16.7 Å². The first-order chi connectivity index (χ1) is 8.61. The minimum atomic E-state index is 0.0522. The van der Waals surface area contributed by atoms with E-state index >= 15 is 0 Å². The van der Waals surface area contributed by atoms with Crippen LogP contribution in [-0.2, 0) is 4.79 Å². The average Bonchev–Trinajstić information content (AvgIpc) is 2.50. The summed E-state index contributed by atoms with van der Waals surface area (Å²) >= 11 is 0. The SMILES string of the molecule is CC(C)(C)C[C@@H](C(=O)N1CCCCCC1)C(C)(C)C. The van der Waals surface area contributed by atoms with E-state index < -0.39 is 0 Å². The zero-order valence-corrected chi connectivity index (χ0v) is 13.9. The van der Waals surface area contributed by atoms with Gasteiger partial charge in [-0.25, -0.2) is 0 Å². The molecular weight excluding hydrogens is 234 g/mol. The normalized spacial score (nSPS) is 20.0. The summed E-state index contributed by atoms with van der Waals surface area (Å²) in [5.41, 5.74) is 0.260. The summed E-state index contributed by atoms with van der Waals surface area (Å²) in [6.07, 6.45) is 5.90. The molecule has 1 saturated heterocycles. The molecule has 1 heterocycles. The fraction of sp³-hybridized carbons (Fsp3) is 0.941. The van der Waals surface area contributed by atoms with E-state index in [9.17, 15) is 4.79 Å². The lowest BCUT2D eigenvalue weighted by atomic mass is 9.71. The van der Waals surface area contributed by atoms with Gasteiger partial charge in [0.25, 0.3) is 0 Å². The number of rotatable bonds is 2. The third-order valence-corrected chi connectivity index (χ3v) is 4.08. The number of carbonyl (C=O) groups excluding carboxylic acids is 1. The highest BCUT2D eigenvalue weighted by Crippen LogP contribution is 2.37. The van der Waals surface area contributed by atoms with E-state index in [1.807, 2.05) is 0 Å². The van der Waals surface area contributed by atoms with Crippen LogP contribution in [0.25, 0.3) is 0 Å². The summed E-state index contributed by atoms with van der Waals surface area (Å²) in [6.45, 7) is 15.3. The van der Waals surface area contributed by atoms with E-state index in [4.69, 9.17) is 0 Å². The van der Waals surface area contributed by atoms with Gasteiger partial charge < -0.3 is 4.90 Å². The molecule has 1 rings (SSSR count). The number of carbonyl (C=O) groups is 1. The van der Waals surface area contributed by atoms with Crippen LogP contribution in [0.4, 0.5) is 0 Å². The van der Waals surface area contributed by atoms with Crippen LogP contribution in [0.1, 0.15) is 73.6 Å². The Morgan fingerprint density at radius 3 is 1.79 bits per heavy atom. The number of hydrogen-bond donors (Lipinski definition) is 0. The molecule has 0 aromatic rings. The second-order valence-corrected chi connectivity index (χ2v) is 8.42.